The summed E-state index contributed by atoms with van der Waals surface area (Å²) in [6.07, 6.45) is 2.57. The quantitative estimate of drug-likeness (QED) is 0.681. The number of carbonyl (C=O) groups is 2. The molecule has 1 atom stereocenters. The molecule has 0 saturated carbocycles. The van der Waals surface area contributed by atoms with Crippen LogP contribution in [0, 0.1) is 6.92 Å². The number of hydrogen-bond acceptors (Lipinski definition) is 3. The molecule has 2 N–H and O–H groups in total. The summed E-state index contributed by atoms with van der Waals surface area (Å²) in [4.78, 5) is 25.0. The van der Waals surface area contributed by atoms with Crippen molar-refractivity contribution in [1.82, 2.24) is 20.4 Å². The summed E-state index contributed by atoms with van der Waals surface area (Å²) in [6, 6.07) is 17.7. The third kappa shape index (κ3) is 4.54. The molecule has 0 spiro atoms. The lowest BCUT2D eigenvalue weighted by Gasteiger charge is -2.12. The molecule has 1 aromatic heterocycles. The Labute approximate surface area is 169 Å². The molecule has 0 fully saturated rings. The molecule has 6 heteroatoms. The number of rotatable bonds is 6. The van der Waals surface area contributed by atoms with E-state index in [1.165, 1.54) is 5.56 Å². The van der Waals surface area contributed by atoms with Crippen LogP contribution in [-0.2, 0) is 30.7 Å². The molecule has 0 aliphatic carbocycles. The minimum Gasteiger partial charge on any atom is -0.351 e. The summed E-state index contributed by atoms with van der Waals surface area (Å²) in [7, 11) is 0. The van der Waals surface area contributed by atoms with Crippen molar-refractivity contribution >= 4 is 11.8 Å². The molecule has 1 unspecified atom stereocenters. The van der Waals surface area contributed by atoms with Crippen LogP contribution in [0.3, 0.4) is 0 Å². The predicted molar refractivity (Wildman–Crippen MR) is 110 cm³/mol. The Hall–Kier alpha value is -3.41. The fraction of sp³-hybridized carbons (Fsp3) is 0.261. The second-order valence-corrected chi connectivity index (χ2v) is 7.49. The highest BCUT2D eigenvalue weighted by molar-refractivity contribution is 5.95. The van der Waals surface area contributed by atoms with E-state index in [1.807, 2.05) is 66.2 Å². The maximum absolute atomic E-state index is 12.6. The third-order valence-electron chi connectivity index (χ3n) is 5.17. The Balaban J connectivity index is 1.33. The van der Waals surface area contributed by atoms with Crippen molar-refractivity contribution < 1.29 is 9.59 Å². The zero-order chi connectivity index (χ0) is 20.2. The predicted octanol–water partition coefficient (Wildman–Crippen LogP) is 2.41. The molecule has 0 bridgehead atoms. The summed E-state index contributed by atoms with van der Waals surface area (Å²) < 4.78 is 1.81. The van der Waals surface area contributed by atoms with E-state index < -0.39 is 0 Å². The molecule has 2 heterocycles. The molecule has 0 saturated heterocycles. The third-order valence-corrected chi connectivity index (χ3v) is 5.17. The summed E-state index contributed by atoms with van der Waals surface area (Å²) in [5.74, 6) is -0.151. The highest BCUT2D eigenvalue weighted by atomic mass is 16.2. The zero-order valence-corrected chi connectivity index (χ0v) is 16.4. The molecule has 1 aliphatic heterocycles. The van der Waals surface area contributed by atoms with Gasteiger partial charge in [-0.25, -0.2) is 0 Å². The normalized spacial score (nSPS) is 15.0. The van der Waals surface area contributed by atoms with Crippen molar-refractivity contribution in [1.29, 1.82) is 0 Å². The van der Waals surface area contributed by atoms with Gasteiger partial charge in [0.15, 0.2) is 0 Å². The Morgan fingerprint density at radius 2 is 1.83 bits per heavy atom. The van der Waals surface area contributed by atoms with E-state index in [2.05, 4.69) is 15.7 Å². The van der Waals surface area contributed by atoms with Crippen molar-refractivity contribution in [2.24, 2.45) is 0 Å². The zero-order valence-electron chi connectivity index (χ0n) is 16.4. The fourth-order valence-electron chi connectivity index (χ4n) is 3.62. The van der Waals surface area contributed by atoms with Crippen LogP contribution in [0.1, 0.15) is 32.7 Å². The van der Waals surface area contributed by atoms with Gasteiger partial charge in [-0.05, 0) is 18.1 Å². The van der Waals surface area contributed by atoms with Crippen molar-refractivity contribution in [2.45, 2.75) is 38.9 Å². The van der Waals surface area contributed by atoms with Gasteiger partial charge in [0.2, 0.25) is 5.91 Å². The topological polar surface area (TPSA) is 76.0 Å². The first kappa shape index (κ1) is 18.9. The van der Waals surface area contributed by atoms with Crippen LogP contribution in [0.25, 0.3) is 0 Å². The first-order valence-corrected chi connectivity index (χ1v) is 9.80. The molecule has 29 heavy (non-hydrogen) atoms. The summed E-state index contributed by atoms with van der Waals surface area (Å²) >= 11 is 0. The van der Waals surface area contributed by atoms with Gasteiger partial charge in [0.05, 0.1) is 36.5 Å². The van der Waals surface area contributed by atoms with Gasteiger partial charge in [0.1, 0.15) is 0 Å². The molecular formula is C23H24N4O2. The lowest BCUT2D eigenvalue weighted by atomic mass is 10.1. The van der Waals surface area contributed by atoms with Gasteiger partial charge in [-0.15, -0.1) is 0 Å². The van der Waals surface area contributed by atoms with Crippen molar-refractivity contribution in [3.63, 3.8) is 0 Å². The number of benzene rings is 2. The van der Waals surface area contributed by atoms with E-state index in [1.54, 1.807) is 6.20 Å². The number of nitrogens with zero attached hydrogens (tertiary/aromatic N) is 2. The highest BCUT2D eigenvalue weighted by Gasteiger charge is 2.28. The van der Waals surface area contributed by atoms with E-state index in [0.29, 0.717) is 31.5 Å². The smallest absolute Gasteiger partial charge is 0.255 e. The van der Waals surface area contributed by atoms with Gasteiger partial charge in [0.25, 0.3) is 5.91 Å². The summed E-state index contributed by atoms with van der Waals surface area (Å²) in [6.45, 7) is 3.08. The minimum absolute atomic E-state index is 0.0142. The molecule has 1 aliphatic rings. The molecule has 6 nitrogen and oxygen atoms in total. The van der Waals surface area contributed by atoms with Gasteiger partial charge in [0, 0.05) is 13.0 Å². The number of hydrogen-bond donors (Lipinski definition) is 2. The van der Waals surface area contributed by atoms with Crippen LogP contribution >= 0.6 is 0 Å². The van der Waals surface area contributed by atoms with E-state index in [9.17, 15) is 9.59 Å². The number of fused-ring (bicyclic) bond motifs is 1. The largest absolute Gasteiger partial charge is 0.351 e. The monoisotopic (exact) mass is 388 g/mol. The van der Waals surface area contributed by atoms with Crippen LogP contribution < -0.4 is 10.6 Å². The fourth-order valence-corrected chi connectivity index (χ4v) is 3.62. The van der Waals surface area contributed by atoms with Crippen molar-refractivity contribution in [2.75, 3.05) is 0 Å². The van der Waals surface area contributed by atoms with E-state index >= 15 is 0 Å². The Bertz CT molecular complexity index is 1010. The second kappa shape index (κ2) is 8.31. The standard InChI is InChI=1S/C23H24N4O2/c1-16-7-9-17(10-8-16)11-22(28)26-19-12-21-20(14-25-27(21)15-19)23(29)24-13-18-5-3-2-4-6-18/h2-10,14,19H,11-13,15H2,1H3,(H,24,29)(H,26,28). The Kier molecular flexibility index (Phi) is 5.42. The van der Waals surface area contributed by atoms with Gasteiger partial charge in [-0.3, -0.25) is 14.3 Å². The van der Waals surface area contributed by atoms with Crippen LogP contribution in [0.2, 0.25) is 0 Å². The number of aromatic nitrogens is 2. The minimum atomic E-state index is -0.137. The first-order valence-electron chi connectivity index (χ1n) is 9.80. The van der Waals surface area contributed by atoms with Gasteiger partial charge in [-0.1, -0.05) is 60.2 Å². The van der Waals surface area contributed by atoms with Gasteiger partial charge < -0.3 is 10.6 Å². The lowest BCUT2D eigenvalue weighted by molar-refractivity contribution is -0.121. The SMILES string of the molecule is Cc1ccc(CC(=O)NC2Cc3c(C(=O)NCc4ccccc4)cnn3C2)cc1. The molecule has 0 radical (unpaired) electrons. The molecule has 2 aromatic carbocycles. The average Bonchev–Trinajstić information content (AvgIpc) is 3.29. The molecule has 148 valence electrons. The Morgan fingerprint density at radius 1 is 1.07 bits per heavy atom. The molecule has 2 amide bonds. The number of carbonyl (C=O) groups excluding carboxylic acids is 2. The molecular weight excluding hydrogens is 364 g/mol. The number of aryl methyl sites for hydroxylation is 1. The lowest BCUT2D eigenvalue weighted by Crippen LogP contribution is -2.37. The molecule has 4 rings (SSSR count). The maximum Gasteiger partial charge on any atom is 0.255 e. The van der Waals surface area contributed by atoms with Crippen LogP contribution in [0.15, 0.2) is 60.8 Å². The van der Waals surface area contributed by atoms with Crippen molar-refractivity contribution in [3.05, 3.63) is 88.7 Å². The maximum atomic E-state index is 12.6. The number of amides is 2. The van der Waals surface area contributed by atoms with Crippen LogP contribution in [0.5, 0.6) is 0 Å². The van der Waals surface area contributed by atoms with E-state index in [0.717, 1.165) is 16.8 Å². The summed E-state index contributed by atoms with van der Waals surface area (Å²) in [5.41, 5.74) is 4.66. The number of nitrogens with one attached hydrogen (secondary N) is 2. The van der Waals surface area contributed by atoms with Crippen molar-refractivity contribution in [3.8, 4) is 0 Å². The van der Waals surface area contributed by atoms with E-state index in [-0.39, 0.29) is 17.9 Å². The highest BCUT2D eigenvalue weighted by Crippen LogP contribution is 2.19. The first-order chi connectivity index (χ1) is 14.1. The molecule has 3 aromatic rings. The second-order valence-electron chi connectivity index (χ2n) is 7.49. The van der Waals surface area contributed by atoms with E-state index in [4.69, 9.17) is 0 Å². The van der Waals surface area contributed by atoms with Gasteiger partial charge >= 0.3 is 0 Å². The summed E-state index contributed by atoms with van der Waals surface area (Å²) in [5, 5.41) is 10.3. The van der Waals surface area contributed by atoms with Crippen LogP contribution in [-0.4, -0.2) is 27.6 Å². The average molecular weight is 388 g/mol. The Morgan fingerprint density at radius 3 is 2.59 bits per heavy atom. The van der Waals surface area contributed by atoms with Gasteiger partial charge in [-0.2, -0.15) is 5.10 Å². The van der Waals surface area contributed by atoms with Crippen LogP contribution in [0.4, 0.5) is 0 Å².